The molecule has 4 nitrogen and oxygen atoms in total. The highest BCUT2D eigenvalue weighted by Gasteiger charge is 2.03. The molecule has 1 N–H and O–H groups in total. The predicted molar refractivity (Wildman–Crippen MR) is 67.2 cm³/mol. The molecule has 0 bridgehead atoms. The van der Waals surface area contributed by atoms with Crippen LogP contribution in [0.15, 0.2) is 29.0 Å². The van der Waals surface area contributed by atoms with E-state index < -0.39 is 0 Å². The summed E-state index contributed by atoms with van der Waals surface area (Å²) in [5.41, 5.74) is 2.30. The monoisotopic (exact) mass is 280 g/mol. The molecule has 0 unspecified atom stereocenters. The Labute approximate surface area is 103 Å². The molecule has 0 saturated heterocycles. The maximum Gasteiger partial charge on any atom is 0.151 e. The first kappa shape index (κ1) is 11.1. The van der Waals surface area contributed by atoms with Gasteiger partial charge in [0.25, 0.3) is 0 Å². The summed E-state index contributed by atoms with van der Waals surface area (Å²) < 4.78 is 2.96. The molecule has 1 heterocycles. The van der Waals surface area contributed by atoms with E-state index in [1.165, 1.54) is 5.56 Å². The average molecular weight is 281 g/mol. The molecular weight excluding hydrogens is 268 g/mol. The highest BCUT2D eigenvalue weighted by atomic mass is 79.9. The number of benzene rings is 1. The van der Waals surface area contributed by atoms with Gasteiger partial charge in [-0.25, -0.2) is 0 Å². The number of hydrogen-bond donors (Lipinski definition) is 1. The zero-order valence-electron chi connectivity index (χ0n) is 9.24. The van der Waals surface area contributed by atoms with Crippen LogP contribution in [0.1, 0.15) is 11.4 Å². The molecule has 1 aromatic carbocycles. The third kappa shape index (κ3) is 2.41. The van der Waals surface area contributed by atoms with Gasteiger partial charge < -0.3 is 9.88 Å². The first-order valence-electron chi connectivity index (χ1n) is 4.99. The molecule has 0 aliphatic heterocycles. The molecule has 1 aromatic heterocycles. The lowest BCUT2D eigenvalue weighted by molar-refractivity contribution is 0.812. The molecule has 2 rings (SSSR count). The van der Waals surface area contributed by atoms with Gasteiger partial charge in [0, 0.05) is 17.2 Å². The van der Waals surface area contributed by atoms with Crippen LogP contribution in [0.3, 0.4) is 0 Å². The molecule has 2 aromatic rings. The highest BCUT2D eigenvalue weighted by Crippen LogP contribution is 2.23. The Balaban J connectivity index is 2.10. The average Bonchev–Trinajstić information content (AvgIpc) is 2.66. The number of halogens is 1. The molecule has 0 amide bonds. The fourth-order valence-electron chi connectivity index (χ4n) is 1.42. The van der Waals surface area contributed by atoms with E-state index in [-0.39, 0.29) is 0 Å². The van der Waals surface area contributed by atoms with Crippen molar-refractivity contribution in [3.8, 4) is 0 Å². The van der Waals surface area contributed by atoms with Crippen molar-refractivity contribution in [3.05, 3.63) is 40.4 Å². The van der Waals surface area contributed by atoms with Crippen LogP contribution in [-0.4, -0.2) is 14.8 Å². The fraction of sp³-hybridized carbons (Fsp3) is 0.273. The zero-order chi connectivity index (χ0) is 11.5. The van der Waals surface area contributed by atoms with Gasteiger partial charge in [0.2, 0.25) is 0 Å². The van der Waals surface area contributed by atoms with E-state index in [2.05, 4.69) is 50.5 Å². The summed E-state index contributed by atoms with van der Waals surface area (Å²) in [4.78, 5) is 0. The summed E-state index contributed by atoms with van der Waals surface area (Å²) in [5.74, 6) is 0.911. The standard InChI is InChI=1S/C11H13BrN4/c1-8-3-4-9(12)10(5-8)13-6-11-15-14-7-16(11)2/h3-5,7,13H,6H2,1-2H3. The summed E-state index contributed by atoms with van der Waals surface area (Å²) in [6.45, 7) is 2.73. The Hall–Kier alpha value is -1.36. The molecule has 5 heteroatoms. The van der Waals surface area contributed by atoms with Crippen LogP contribution >= 0.6 is 15.9 Å². The summed E-state index contributed by atoms with van der Waals surface area (Å²) in [5, 5.41) is 11.2. The van der Waals surface area contributed by atoms with Gasteiger partial charge >= 0.3 is 0 Å². The van der Waals surface area contributed by atoms with E-state index >= 15 is 0 Å². The second-order valence-corrected chi connectivity index (χ2v) is 4.55. The van der Waals surface area contributed by atoms with E-state index in [0.29, 0.717) is 6.54 Å². The minimum Gasteiger partial charge on any atom is -0.377 e. The van der Waals surface area contributed by atoms with Crippen LogP contribution in [0.2, 0.25) is 0 Å². The largest absolute Gasteiger partial charge is 0.377 e. The van der Waals surface area contributed by atoms with Crippen molar-refractivity contribution in [1.82, 2.24) is 14.8 Å². The van der Waals surface area contributed by atoms with E-state index in [4.69, 9.17) is 0 Å². The van der Waals surface area contributed by atoms with Crippen LogP contribution in [0.25, 0.3) is 0 Å². The minimum absolute atomic E-state index is 0.665. The maximum atomic E-state index is 4.02. The minimum atomic E-state index is 0.665. The van der Waals surface area contributed by atoms with Crippen LogP contribution < -0.4 is 5.32 Å². The molecule has 16 heavy (non-hydrogen) atoms. The van der Waals surface area contributed by atoms with E-state index in [1.807, 2.05) is 17.7 Å². The number of rotatable bonds is 3. The lowest BCUT2D eigenvalue weighted by atomic mass is 10.2. The predicted octanol–water partition coefficient (Wildman–Crippen LogP) is 2.50. The number of aromatic nitrogens is 3. The van der Waals surface area contributed by atoms with Crippen molar-refractivity contribution >= 4 is 21.6 Å². The molecular formula is C11H13BrN4. The van der Waals surface area contributed by atoms with Crippen molar-refractivity contribution in [2.45, 2.75) is 13.5 Å². The van der Waals surface area contributed by atoms with Gasteiger partial charge in [-0.3, -0.25) is 0 Å². The van der Waals surface area contributed by atoms with Gasteiger partial charge in [-0.2, -0.15) is 0 Å². The summed E-state index contributed by atoms with van der Waals surface area (Å²) in [7, 11) is 1.93. The quantitative estimate of drug-likeness (QED) is 0.940. The van der Waals surface area contributed by atoms with Gasteiger partial charge in [0.05, 0.1) is 6.54 Å². The van der Waals surface area contributed by atoms with Gasteiger partial charge in [0.1, 0.15) is 6.33 Å². The van der Waals surface area contributed by atoms with Crippen LogP contribution in [-0.2, 0) is 13.6 Å². The van der Waals surface area contributed by atoms with Gasteiger partial charge in [-0.15, -0.1) is 10.2 Å². The SMILES string of the molecule is Cc1ccc(Br)c(NCc2nncn2C)c1. The smallest absolute Gasteiger partial charge is 0.151 e. The second kappa shape index (κ2) is 4.65. The Morgan fingerprint density at radius 3 is 2.94 bits per heavy atom. The molecule has 0 atom stereocenters. The Morgan fingerprint density at radius 1 is 1.44 bits per heavy atom. The van der Waals surface area contributed by atoms with Gasteiger partial charge in [-0.05, 0) is 40.5 Å². The topological polar surface area (TPSA) is 42.7 Å². The molecule has 0 aliphatic carbocycles. The van der Waals surface area contributed by atoms with Crippen LogP contribution in [0, 0.1) is 6.92 Å². The first-order valence-corrected chi connectivity index (χ1v) is 5.79. The van der Waals surface area contributed by atoms with Crippen LogP contribution in [0.4, 0.5) is 5.69 Å². The van der Waals surface area contributed by atoms with E-state index in [9.17, 15) is 0 Å². The number of anilines is 1. The molecule has 0 radical (unpaired) electrons. The van der Waals surface area contributed by atoms with Crippen molar-refractivity contribution < 1.29 is 0 Å². The molecule has 0 aliphatic rings. The lowest BCUT2D eigenvalue weighted by Gasteiger charge is -2.08. The Bertz CT molecular complexity index is 492. The third-order valence-electron chi connectivity index (χ3n) is 2.36. The lowest BCUT2D eigenvalue weighted by Crippen LogP contribution is -2.06. The van der Waals surface area contributed by atoms with Crippen molar-refractivity contribution in [3.63, 3.8) is 0 Å². The van der Waals surface area contributed by atoms with Gasteiger partial charge in [-0.1, -0.05) is 6.07 Å². The summed E-state index contributed by atoms with van der Waals surface area (Å²) >= 11 is 3.51. The summed E-state index contributed by atoms with van der Waals surface area (Å²) in [6, 6.07) is 6.20. The van der Waals surface area contributed by atoms with E-state index in [0.717, 1.165) is 16.0 Å². The number of aryl methyl sites for hydroxylation is 2. The highest BCUT2D eigenvalue weighted by molar-refractivity contribution is 9.10. The van der Waals surface area contributed by atoms with Crippen LogP contribution in [0.5, 0.6) is 0 Å². The summed E-state index contributed by atoms with van der Waals surface area (Å²) in [6.07, 6.45) is 1.70. The normalized spacial score (nSPS) is 10.4. The van der Waals surface area contributed by atoms with Crippen molar-refractivity contribution in [2.75, 3.05) is 5.32 Å². The molecule has 0 spiro atoms. The maximum absolute atomic E-state index is 4.02. The second-order valence-electron chi connectivity index (χ2n) is 3.69. The molecule has 0 saturated carbocycles. The zero-order valence-corrected chi connectivity index (χ0v) is 10.8. The van der Waals surface area contributed by atoms with E-state index in [1.54, 1.807) is 6.33 Å². The Morgan fingerprint density at radius 2 is 2.25 bits per heavy atom. The molecule has 84 valence electrons. The van der Waals surface area contributed by atoms with Gasteiger partial charge in [0.15, 0.2) is 5.82 Å². The van der Waals surface area contributed by atoms with Crippen molar-refractivity contribution in [1.29, 1.82) is 0 Å². The number of nitrogens with one attached hydrogen (secondary N) is 1. The fourth-order valence-corrected chi connectivity index (χ4v) is 1.80. The molecule has 0 fully saturated rings. The first-order chi connectivity index (χ1) is 7.66. The Kier molecular flexibility index (Phi) is 3.24. The third-order valence-corrected chi connectivity index (χ3v) is 3.06. The number of nitrogens with zero attached hydrogens (tertiary/aromatic N) is 3. The number of hydrogen-bond acceptors (Lipinski definition) is 3. The van der Waals surface area contributed by atoms with Crippen molar-refractivity contribution in [2.24, 2.45) is 7.05 Å².